The molecule has 3 heterocycles. The van der Waals surface area contributed by atoms with Crippen LogP contribution in [0.3, 0.4) is 0 Å². The second-order valence-corrected chi connectivity index (χ2v) is 9.34. The third-order valence-electron chi connectivity index (χ3n) is 7.15. The van der Waals surface area contributed by atoms with E-state index in [0.29, 0.717) is 20.2 Å². The molecule has 7 rings (SSSR count). The molecule has 0 radical (unpaired) electrons. The van der Waals surface area contributed by atoms with Crippen molar-refractivity contribution in [1.29, 1.82) is 0 Å². The number of benzene rings is 4. The van der Waals surface area contributed by atoms with Crippen molar-refractivity contribution >= 4 is 17.1 Å². The largest absolute Gasteiger partial charge is 0.472 e. The van der Waals surface area contributed by atoms with Gasteiger partial charge in [-0.2, -0.15) is 0 Å². The zero-order valence-corrected chi connectivity index (χ0v) is 20.0. The Hall–Kier alpha value is -4.32. The van der Waals surface area contributed by atoms with Crippen molar-refractivity contribution in [1.82, 2.24) is 0 Å². The number of fused-ring (bicyclic) bond motifs is 6. The van der Waals surface area contributed by atoms with E-state index in [1.807, 2.05) is 18.2 Å². The Balaban J connectivity index is 1.32. The third-order valence-corrected chi connectivity index (χ3v) is 7.15. The van der Waals surface area contributed by atoms with Gasteiger partial charge in [-0.05, 0) is 36.4 Å². The van der Waals surface area contributed by atoms with Crippen LogP contribution in [-0.4, -0.2) is 20.2 Å². The van der Waals surface area contributed by atoms with Gasteiger partial charge in [-0.3, -0.25) is 0 Å². The number of rotatable bonds is 3. The minimum Gasteiger partial charge on any atom is -0.472 e. The highest BCUT2D eigenvalue weighted by atomic mass is 16.5. The monoisotopic (exact) mass is 477 g/mol. The molecule has 0 aliphatic carbocycles. The first-order valence-electron chi connectivity index (χ1n) is 12.3. The molecule has 3 aliphatic heterocycles. The second kappa shape index (κ2) is 8.72. The molecule has 0 unspecified atom stereocenters. The Kier molecular flexibility index (Phi) is 5.09. The Labute approximate surface area is 210 Å². The van der Waals surface area contributed by atoms with Gasteiger partial charge in [-0.1, -0.05) is 54.6 Å². The van der Waals surface area contributed by atoms with Crippen LogP contribution in [-0.2, 0) is 19.6 Å². The van der Waals surface area contributed by atoms with Crippen LogP contribution in [0.5, 0.6) is 17.2 Å². The van der Waals surface area contributed by atoms with E-state index < -0.39 is 0 Å². The van der Waals surface area contributed by atoms with E-state index in [1.54, 1.807) is 0 Å². The zero-order chi connectivity index (χ0) is 23.9. The van der Waals surface area contributed by atoms with Gasteiger partial charge in [0, 0.05) is 17.1 Å². The van der Waals surface area contributed by atoms with E-state index in [4.69, 9.17) is 14.2 Å². The maximum Gasteiger partial charge on any atom is 0.161 e. The van der Waals surface area contributed by atoms with Gasteiger partial charge in [0.25, 0.3) is 0 Å². The molecule has 0 bridgehead atoms. The van der Waals surface area contributed by atoms with Crippen molar-refractivity contribution in [2.45, 2.75) is 19.6 Å². The standard InChI is InChI=1S/C30H27N3O3/c1-4-10-22(11-5-1)31-16-25-28(34-19-31)26-17-32(23-12-6-2-7-13-23)21-36-30(26)27-18-33(20-35-29(25)27)24-14-8-3-9-15-24/h1-15H,16-21H2. The summed E-state index contributed by atoms with van der Waals surface area (Å²) < 4.78 is 19.4. The molecule has 36 heavy (non-hydrogen) atoms. The molecule has 6 nitrogen and oxygen atoms in total. The third kappa shape index (κ3) is 3.57. The molecule has 0 saturated carbocycles. The summed E-state index contributed by atoms with van der Waals surface area (Å²) in [7, 11) is 0. The fourth-order valence-electron chi connectivity index (χ4n) is 5.36. The molecule has 0 aromatic heterocycles. The topological polar surface area (TPSA) is 37.4 Å². The van der Waals surface area contributed by atoms with Gasteiger partial charge in [0.2, 0.25) is 0 Å². The molecule has 4 aromatic rings. The summed E-state index contributed by atoms with van der Waals surface area (Å²) in [5.74, 6) is 2.72. The van der Waals surface area contributed by atoms with Crippen LogP contribution in [0, 0.1) is 0 Å². The van der Waals surface area contributed by atoms with Crippen LogP contribution in [0.15, 0.2) is 91.0 Å². The van der Waals surface area contributed by atoms with E-state index in [-0.39, 0.29) is 0 Å². The first kappa shape index (κ1) is 21.0. The van der Waals surface area contributed by atoms with Crippen LogP contribution in [0.2, 0.25) is 0 Å². The van der Waals surface area contributed by atoms with Gasteiger partial charge >= 0.3 is 0 Å². The summed E-state index contributed by atoms with van der Waals surface area (Å²) >= 11 is 0. The fourth-order valence-corrected chi connectivity index (χ4v) is 5.36. The van der Waals surface area contributed by atoms with Crippen LogP contribution in [0.1, 0.15) is 16.7 Å². The highest BCUT2D eigenvalue weighted by Gasteiger charge is 2.36. The molecule has 3 aliphatic rings. The summed E-state index contributed by atoms with van der Waals surface area (Å²) in [6, 6.07) is 31.2. The summed E-state index contributed by atoms with van der Waals surface area (Å²) in [4.78, 5) is 6.75. The van der Waals surface area contributed by atoms with Crippen molar-refractivity contribution in [3.63, 3.8) is 0 Å². The van der Waals surface area contributed by atoms with Crippen molar-refractivity contribution in [3.05, 3.63) is 108 Å². The number of hydrogen-bond acceptors (Lipinski definition) is 6. The van der Waals surface area contributed by atoms with Crippen LogP contribution >= 0.6 is 0 Å². The average molecular weight is 478 g/mol. The molecule has 180 valence electrons. The summed E-state index contributed by atoms with van der Waals surface area (Å²) in [5, 5.41) is 0. The predicted octanol–water partition coefficient (Wildman–Crippen LogP) is 5.76. The van der Waals surface area contributed by atoms with Gasteiger partial charge in [0.05, 0.1) is 36.3 Å². The Morgan fingerprint density at radius 2 is 0.667 bits per heavy atom. The van der Waals surface area contributed by atoms with Crippen LogP contribution < -0.4 is 28.9 Å². The number of para-hydroxylation sites is 3. The lowest BCUT2D eigenvalue weighted by molar-refractivity contribution is 0.234. The fraction of sp³-hybridized carbons (Fsp3) is 0.200. The molecule has 0 amide bonds. The minimum absolute atomic E-state index is 0.490. The maximum atomic E-state index is 6.48. The predicted molar refractivity (Wildman–Crippen MR) is 141 cm³/mol. The first-order valence-corrected chi connectivity index (χ1v) is 12.3. The molecule has 0 fully saturated rings. The average Bonchev–Trinajstić information content (AvgIpc) is 2.98. The molecule has 4 aromatic carbocycles. The molecule has 0 N–H and O–H groups in total. The van der Waals surface area contributed by atoms with E-state index in [1.165, 1.54) is 0 Å². The zero-order valence-electron chi connectivity index (χ0n) is 20.0. The minimum atomic E-state index is 0.490. The molecule has 0 atom stereocenters. The number of hydrogen-bond donors (Lipinski definition) is 0. The van der Waals surface area contributed by atoms with Gasteiger partial charge in [-0.25, -0.2) is 0 Å². The van der Waals surface area contributed by atoms with Crippen molar-refractivity contribution in [3.8, 4) is 17.2 Å². The number of anilines is 3. The van der Waals surface area contributed by atoms with Crippen LogP contribution in [0.4, 0.5) is 17.1 Å². The molecule has 0 saturated heterocycles. The highest BCUT2D eigenvalue weighted by molar-refractivity contribution is 5.69. The van der Waals surface area contributed by atoms with Crippen molar-refractivity contribution < 1.29 is 14.2 Å². The van der Waals surface area contributed by atoms with Gasteiger partial charge in [0.1, 0.15) is 17.2 Å². The van der Waals surface area contributed by atoms with Crippen molar-refractivity contribution in [2.75, 3.05) is 34.9 Å². The van der Waals surface area contributed by atoms with Gasteiger partial charge < -0.3 is 28.9 Å². The summed E-state index contributed by atoms with van der Waals surface area (Å²) in [5.41, 5.74) is 6.72. The smallest absolute Gasteiger partial charge is 0.161 e. The van der Waals surface area contributed by atoms with Crippen LogP contribution in [0.25, 0.3) is 0 Å². The summed E-state index contributed by atoms with van der Waals surface area (Å²) in [6.45, 7) is 3.65. The Morgan fingerprint density at radius 1 is 0.389 bits per heavy atom. The summed E-state index contributed by atoms with van der Waals surface area (Å²) in [6.07, 6.45) is 0. The lowest BCUT2D eigenvalue weighted by atomic mass is 9.96. The van der Waals surface area contributed by atoms with Gasteiger partial charge in [-0.15, -0.1) is 0 Å². The van der Waals surface area contributed by atoms with Crippen molar-refractivity contribution in [2.24, 2.45) is 0 Å². The lowest BCUT2D eigenvalue weighted by Gasteiger charge is -2.41. The second-order valence-electron chi connectivity index (χ2n) is 9.34. The highest BCUT2D eigenvalue weighted by Crippen LogP contribution is 2.50. The first-order chi connectivity index (χ1) is 17.8. The molecular weight excluding hydrogens is 450 g/mol. The molecule has 0 spiro atoms. The quantitative estimate of drug-likeness (QED) is 0.374. The molecule has 6 heteroatoms. The number of nitrogens with zero attached hydrogens (tertiary/aromatic N) is 3. The van der Waals surface area contributed by atoms with E-state index in [2.05, 4.69) is 87.5 Å². The van der Waals surface area contributed by atoms with E-state index in [9.17, 15) is 0 Å². The number of ether oxygens (including phenoxy) is 3. The SMILES string of the molecule is c1ccc(N2COc3c(c4c(c5c3CN(c3ccccc3)CO5)CN(c3ccccc3)CO4)C2)cc1. The van der Waals surface area contributed by atoms with Gasteiger partial charge in [0.15, 0.2) is 20.2 Å². The Morgan fingerprint density at radius 3 is 0.944 bits per heavy atom. The Bertz CT molecular complexity index is 1190. The van der Waals surface area contributed by atoms with E-state index >= 15 is 0 Å². The van der Waals surface area contributed by atoms with E-state index in [0.717, 1.165) is 70.6 Å². The molecular formula is C30H27N3O3. The maximum absolute atomic E-state index is 6.48. The lowest BCUT2D eigenvalue weighted by Crippen LogP contribution is -2.39. The normalized spacial score (nSPS) is 16.2.